The highest BCUT2D eigenvalue weighted by Crippen LogP contribution is 2.16. The lowest BCUT2D eigenvalue weighted by Crippen LogP contribution is -2.24. The fraction of sp³-hybridized carbons (Fsp3) is 0.333. The summed E-state index contributed by atoms with van der Waals surface area (Å²) in [6.45, 7) is 0.626. The minimum atomic E-state index is -4.34. The smallest absolute Gasteiger partial charge is 0.271 e. The summed E-state index contributed by atoms with van der Waals surface area (Å²) in [5.74, 6) is -0.405. The third kappa shape index (κ3) is 4.72. The number of nitrogens with one attached hydrogen (secondary N) is 1. The van der Waals surface area contributed by atoms with E-state index in [0.717, 1.165) is 10.4 Å². The number of hydrogen-bond acceptors (Lipinski definition) is 4. The molecule has 1 amide bonds. The van der Waals surface area contributed by atoms with Crippen molar-refractivity contribution in [2.75, 3.05) is 0 Å². The van der Waals surface area contributed by atoms with E-state index in [4.69, 9.17) is 0 Å². The summed E-state index contributed by atoms with van der Waals surface area (Å²) in [7, 11) is 0. The molecule has 2 heterocycles. The van der Waals surface area contributed by atoms with Crippen LogP contribution in [0.2, 0.25) is 0 Å². The van der Waals surface area contributed by atoms with Crippen LogP contribution in [0.15, 0.2) is 29.6 Å². The molecule has 0 bridgehead atoms. The van der Waals surface area contributed by atoms with Gasteiger partial charge in [-0.3, -0.25) is 14.2 Å². The summed E-state index contributed by atoms with van der Waals surface area (Å²) in [6.07, 6.45) is -0.417. The molecule has 2 aromatic heterocycles. The van der Waals surface area contributed by atoms with Crippen molar-refractivity contribution in [2.45, 2.75) is 26.2 Å². The Balaban J connectivity index is 1.85. The van der Waals surface area contributed by atoms with Crippen molar-refractivity contribution in [1.29, 1.82) is 0 Å². The summed E-state index contributed by atoms with van der Waals surface area (Å²) in [4.78, 5) is 11.6. The van der Waals surface area contributed by atoms with Gasteiger partial charge >= 0.3 is 6.18 Å². The van der Waals surface area contributed by atoms with Crippen molar-refractivity contribution in [2.24, 2.45) is 5.10 Å². The van der Waals surface area contributed by atoms with Crippen molar-refractivity contribution in [3.63, 3.8) is 0 Å². The molecule has 0 fully saturated rings. The molecule has 0 atom stereocenters. The van der Waals surface area contributed by atoms with Crippen LogP contribution < -0.4 is 5.43 Å². The van der Waals surface area contributed by atoms with E-state index in [1.165, 1.54) is 23.2 Å². The molecule has 10 heteroatoms. The second kappa shape index (κ2) is 6.41. The standard InChI is InChI=1S/C12H13F3N6O/c1-9-2-4-17-21(9)7-11(22)18-16-6-10-3-5-20(19-10)8-12(13,14)15/h2-6H,7-8H2,1H3,(H,18,22)/b16-6-. The Morgan fingerprint density at radius 2 is 2.23 bits per heavy atom. The third-order valence-electron chi connectivity index (χ3n) is 2.61. The Kier molecular flexibility index (Phi) is 4.59. The molecule has 1 N–H and O–H groups in total. The van der Waals surface area contributed by atoms with Gasteiger partial charge < -0.3 is 0 Å². The van der Waals surface area contributed by atoms with Gasteiger partial charge in [0.2, 0.25) is 0 Å². The van der Waals surface area contributed by atoms with E-state index in [1.807, 2.05) is 0 Å². The van der Waals surface area contributed by atoms with Crippen LogP contribution in [-0.2, 0) is 17.9 Å². The highest BCUT2D eigenvalue weighted by Gasteiger charge is 2.28. The Bertz CT molecular complexity index is 672. The van der Waals surface area contributed by atoms with Gasteiger partial charge in [0, 0.05) is 18.1 Å². The number of aromatic nitrogens is 4. The van der Waals surface area contributed by atoms with Gasteiger partial charge in [0.05, 0.1) is 6.21 Å². The van der Waals surface area contributed by atoms with Crippen LogP contribution in [0.3, 0.4) is 0 Å². The molecule has 0 saturated carbocycles. The molecule has 118 valence electrons. The maximum absolute atomic E-state index is 12.2. The fourth-order valence-corrected chi connectivity index (χ4v) is 1.62. The van der Waals surface area contributed by atoms with Crippen LogP contribution in [0.25, 0.3) is 0 Å². The Labute approximate surface area is 123 Å². The number of alkyl halides is 3. The average Bonchev–Trinajstić information content (AvgIpc) is 2.98. The molecule has 2 aromatic rings. The zero-order valence-electron chi connectivity index (χ0n) is 11.6. The van der Waals surface area contributed by atoms with Gasteiger partial charge in [0.1, 0.15) is 18.8 Å². The van der Waals surface area contributed by atoms with Crippen molar-refractivity contribution < 1.29 is 18.0 Å². The van der Waals surface area contributed by atoms with E-state index < -0.39 is 18.6 Å². The van der Waals surface area contributed by atoms with Gasteiger partial charge in [-0.25, -0.2) is 5.43 Å². The molecule has 0 aliphatic heterocycles. The quantitative estimate of drug-likeness (QED) is 0.663. The van der Waals surface area contributed by atoms with Crippen molar-refractivity contribution in [3.8, 4) is 0 Å². The van der Waals surface area contributed by atoms with Crippen LogP contribution in [0, 0.1) is 6.92 Å². The summed E-state index contributed by atoms with van der Waals surface area (Å²) >= 11 is 0. The lowest BCUT2D eigenvalue weighted by Gasteiger charge is -2.04. The number of hydrazone groups is 1. The first kappa shape index (κ1) is 15.7. The van der Waals surface area contributed by atoms with Crippen molar-refractivity contribution in [1.82, 2.24) is 25.0 Å². The minimum Gasteiger partial charge on any atom is -0.271 e. The molecule has 7 nitrogen and oxygen atoms in total. The van der Waals surface area contributed by atoms with Crippen LogP contribution >= 0.6 is 0 Å². The van der Waals surface area contributed by atoms with Gasteiger partial charge in [0.25, 0.3) is 5.91 Å². The van der Waals surface area contributed by atoms with Gasteiger partial charge in [-0.15, -0.1) is 0 Å². The summed E-state index contributed by atoms with van der Waals surface area (Å²) in [5.41, 5.74) is 3.28. The average molecular weight is 314 g/mol. The number of amides is 1. The Morgan fingerprint density at radius 3 is 2.86 bits per heavy atom. The number of carbonyl (C=O) groups is 1. The number of aryl methyl sites for hydroxylation is 1. The second-order valence-corrected chi connectivity index (χ2v) is 4.48. The molecule has 2 rings (SSSR count). The first-order valence-electron chi connectivity index (χ1n) is 6.24. The molecule has 0 aliphatic carbocycles. The fourth-order valence-electron chi connectivity index (χ4n) is 1.62. The Hall–Kier alpha value is -2.65. The first-order chi connectivity index (χ1) is 10.3. The van der Waals surface area contributed by atoms with Crippen molar-refractivity contribution >= 4 is 12.1 Å². The van der Waals surface area contributed by atoms with E-state index in [1.54, 1.807) is 19.2 Å². The van der Waals surface area contributed by atoms with Crippen LogP contribution in [0.5, 0.6) is 0 Å². The molecular formula is C12H13F3N6O. The normalized spacial score (nSPS) is 12.0. The van der Waals surface area contributed by atoms with E-state index >= 15 is 0 Å². The summed E-state index contributed by atoms with van der Waals surface area (Å²) < 4.78 is 38.7. The van der Waals surface area contributed by atoms with Gasteiger partial charge in [0.15, 0.2) is 0 Å². The van der Waals surface area contributed by atoms with E-state index in [-0.39, 0.29) is 12.2 Å². The monoisotopic (exact) mass is 314 g/mol. The molecule has 0 spiro atoms. The molecule has 0 unspecified atom stereocenters. The van der Waals surface area contributed by atoms with Crippen LogP contribution in [0.4, 0.5) is 13.2 Å². The first-order valence-corrected chi connectivity index (χ1v) is 6.24. The highest BCUT2D eigenvalue weighted by molar-refractivity contribution is 5.80. The van der Waals surface area contributed by atoms with Crippen molar-refractivity contribution in [3.05, 3.63) is 35.9 Å². The number of nitrogens with zero attached hydrogens (tertiary/aromatic N) is 5. The molecule has 0 saturated heterocycles. The van der Waals surface area contributed by atoms with Gasteiger partial charge in [-0.1, -0.05) is 0 Å². The highest BCUT2D eigenvalue weighted by atomic mass is 19.4. The van der Waals surface area contributed by atoms with Gasteiger partial charge in [-0.2, -0.15) is 28.5 Å². The maximum atomic E-state index is 12.2. The molecule has 0 radical (unpaired) electrons. The van der Waals surface area contributed by atoms with Crippen LogP contribution in [0.1, 0.15) is 11.4 Å². The molecule has 0 aliphatic rings. The SMILES string of the molecule is Cc1ccnn1CC(=O)N/N=C\c1ccn(CC(F)(F)F)n1. The predicted octanol–water partition coefficient (Wildman–Crippen LogP) is 1.10. The molecular weight excluding hydrogens is 301 g/mol. The predicted molar refractivity (Wildman–Crippen MR) is 71.0 cm³/mol. The second-order valence-electron chi connectivity index (χ2n) is 4.48. The molecule has 22 heavy (non-hydrogen) atoms. The lowest BCUT2D eigenvalue weighted by molar-refractivity contribution is -0.142. The van der Waals surface area contributed by atoms with Crippen LogP contribution in [-0.4, -0.2) is 37.9 Å². The van der Waals surface area contributed by atoms with E-state index in [9.17, 15) is 18.0 Å². The van der Waals surface area contributed by atoms with E-state index in [2.05, 4.69) is 20.7 Å². The maximum Gasteiger partial charge on any atom is 0.408 e. The van der Waals surface area contributed by atoms with E-state index in [0.29, 0.717) is 0 Å². The zero-order chi connectivity index (χ0) is 16.2. The number of hydrogen-bond donors (Lipinski definition) is 1. The molecule has 0 aromatic carbocycles. The summed E-state index contributed by atoms with van der Waals surface area (Å²) in [6, 6.07) is 3.11. The minimum absolute atomic E-state index is 0.00130. The number of halogens is 3. The summed E-state index contributed by atoms with van der Waals surface area (Å²) in [5, 5.41) is 11.2. The Morgan fingerprint density at radius 1 is 1.45 bits per heavy atom. The largest absolute Gasteiger partial charge is 0.408 e. The number of rotatable bonds is 5. The number of carbonyl (C=O) groups excluding carboxylic acids is 1. The zero-order valence-corrected chi connectivity index (χ0v) is 11.6. The third-order valence-corrected chi connectivity index (χ3v) is 2.61. The lowest BCUT2D eigenvalue weighted by atomic mass is 10.5. The van der Waals surface area contributed by atoms with Gasteiger partial charge in [-0.05, 0) is 19.1 Å². The topological polar surface area (TPSA) is 77.1 Å².